The molecule has 2 aromatic rings. The minimum atomic E-state index is -0.179. The van der Waals surface area contributed by atoms with Crippen molar-refractivity contribution in [1.29, 1.82) is 0 Å². The maximum Gasteiger partial charge on any atom is 0.123 e. The molecule has 0 amide bonds. The van der Waals surface area contributed by atoms with Gasteiger partial charge in [0.2, 0.25) is 0 Å². The monoisotopic (exact) mass is 321 g/mol. The Balaban J connectivity index is 2.00. The highest BCUT2D eigenvalue weighted by molar-refractivity contribution is 9.10. The zero-order valence-corrected chi connectivity index (χ0v) is 12.7. The normalized spacial score (nSPS) is 12.4. The van der Waals surface area contributed by atoms with E-state index in [1.807, 2.05) is 25.1 Å². The summed E-state index contributed by atoms with van der Waals surface area (Å²) in [5.74, 6) is -0.179. The number of benzene rings is 2. The minimum Gasteiger partial charge on any atom is -0.306 e. The smallest absolute Gasteiger partial charge is 0.123 e. The maximum atomic E-state index is 13.0. The molecule has 0 fully saturated rings. The zero-order chi connectivity index (χ0) is 13.8. The van der Waals surface area contributed by atoms with Gasteiger partial charge < -0.3 is 5.32 Å². The molecule has 0 heterocycles. The fraction of sp³-hybridized carbons (Fsp3) is 0.250. The van der Waals surface area contributed by atoms with Crippen LogP contribution in [0.2, 0.25) is 0 Å². The summed E-state index contributed by atoms with van der Waals surface area (Å²) < 4.78 is 14.1. The molecule has 2 aromatic carbocycles. The molecule has 0 spiro atoms. The number of halogens is 2. The summed E-state index contributed by atoms with van der Waals surface area (Å²) >= 11 is 3.43. The molecule has 1 nitrogen and oxygen atoms in total. The van der Waals surface area contributed by atoms with Crippen molar-refractivity contribution in [2.75, 3.05) is 0 Å². The largest absolute Gasteiger partial charge is 0.306 e. The van der Waals surface area contributed by atoms with Crippen molar-refractivity contribution < 1.29 is 4.39 Å². The first-order chi connectivity index (χ1) is 9.06. The SMILES string of the molecule is Cc1cc(F)ccc1CN[C@H](C)c1ccc(Br)cc1. The quantitative estimate of drug-likeness (QED) is 0.857. The predicted octanol–water partition coefficient (Wildman–Crippen LogP) is 4.75. The molecule has 3 heteroatoms. The highest BCUT2D eigenvalue weighted by Crippen LogP contribution is 2.17. The molecule has 100 valence electrons. The first-order valence-corrected chi connectivity index (χ1v) is 7.09. The van der Waals surface area contributed by atoms with Gasteiger partial charge in [-0.3, -0.25) is 0 Å². The van der Waals surface area contributed by atoms with Crippen molar-refractivity contribution >= 4 is 15.9 Å². The molecule has 0 bridgehead atoms. The number of nitrogens with one attached hydrogen (secondary N) is 1. The molecule has 2 rings (SSSR count). The topological polar surface area (TPSA) is 12.0 Å². The molecule has 0 aliphatic heterocycles. The van der Waals surface area contributed by atoms with Crippen LogP contribution in [0.5, 0.6) is 0 Å². The van der Waals surface area contributed by atoms with Gasteiger partial charge in [0.1, 0.15) is 5.82 Å². The van der Waals surface area contributed by atoms with Crippen LogP contribution in [0.15, 0.2) is 46.9 Å². The molecule has 0 aliphatic rings. The van der Waals surface area contributed by atoms with Crippen molar-refractivity contribution in [2.24, 2.45) is 0 Å². The number of rotatable bonds is 4. The third-order valence-electron chi connectivity index (χ3n) is 3.27. The summed E-state index contributed by atoms with van der Waals surface area (Å²) in [6, 6.07) is 13.4. The molecule has 0 aromatic heterocycles. The lowest BCUT2D eigenvalue weighted by atomic mass is 10.1. The van der Waals surface area contributed by atoms with Crippen molar-refractivity contribution in [3.05, 3.63) is 69.4 Å². The average Bonchev–Trinajstić information content (AvgIpc) is 2.38. The van der Waals surface area contributed by atoms with E-state index in [1.165, 1.54) is 11.6 Å². The van der Waals surface area contributed by atoms with Crippen LogP contribution in [-0.4, -0.2) is 0 Å². The molecule has 1 N–H and O–H groups in total. The van der Waals surface area contributed by atoms with Crippen LogP contribution in [0.4, 0.5) is 4.39 Å². The van der Waals surface area contributed by atoms with Crippen molar-refractivity contribution in [2.45, 2.75) is 26.4 Å². The Kier molecular flexibility index (Phi) is 4.72. The summed E-state index contributed by atoms with van der Waals surface area (Å²) in [7, 11) is 0. The van der Waals surface area contributed by atoms with Gasteiger partial charge in [-0.15, -0.1) is 0 Å². The minimum absolute atomic E-state index is 0.179. The fourth-order valence-corrected chi connectivity index (χ4v) is 2.25. The summed E-state index contributed by atoms with van der Waals surface area (Å²) in [5, 5.41) is 3.46. The Bertz CT molecular complexity index is 551. The van der Waals surface area contributed by atoms with Gasteiger partial charge in [-0.2, -0.15) is 0 Å². The second-order valence-electron chi connectivity index (χ2n) is 4.72. The van der Waals surface area contributed by atoms with Crippen molar-refractivity contribution in [3.8, 4) is 0 Å². The highest BCUT2D eigenvalue weighted by atomic mass is 79.9. The Morgan fingerprint density at radius 2 is 1.84 bits per heavy atom. The Hall–Kier alpha value is -1.19. The lowest BCUT2D eigenvalue weighted by Gasteiger charge is -2.15. The predicted molar refractivity (Wildman–Crippen MR) is 80.5 cm³/mol. The third-order valence-corrected chi connectivity index (χ3v) is 3.80. The van der Waals surface area contributed by atoms with E-state index in [9.17, 15) is 4.39 Å². The lowest BCUT2D eigenvalue weighted by molar-refractivity contribution is 0.571. The van der Waals surface area contributed by atoms with E-state index in [0.29, 0.717) is 0 Å². The molecular weight excluding hydrogens is 305 g/mol. The van der Waals surface area contributed by atoms with Gasteiger partial charge in [0.15, 0.2) is 0 Å². The van der Waals surface area contributed by atoms with E-state index in [1.54, 1.807) is 6.07 Å². The molecular formula is C16H17BrFN. The van der Waals surface area contributed by atoms with E-state index in [0.717, 1.165) is 22.1 Å². The first kappa shape index (κ1) is 14.2. The molecule has 0 saturated heterocycles. The van der Waals surface area contributed by atoms with E-state index in [4.69, 9.17) is 0 Å². The number of hydrogen-bond acceptors (Lipinski definition) is 1. The Morgan fingerprint density at radius 3 is 2.47 bits per heavy atom. The summed E-state index contributed by atoms with van der Waals surface area (Å²) in [6.07, 6.45) is 0. The molecule has 19 heavy (non-hydrogen) atoms. The standard InChI is InChI=1S/C16H17BrFN/c1-11-9-16(18)8-5-14(11)10-19-12(2)13-3-6-15(17)7-4-13/h3-9,12,19H,10H2,1-2H3/t12-/m1/s1. The Labute approximate surface area is 122 Å². The van der Waals surface area contributed by atoms with Gasteiger partial charge in [-0.1, -0.05) is 34.1 Å². The van der Waals surface area contributed by atoms with Gasteiger partial charge in [-0.05, 0) is 54.8 Å². The molecule has 0 saturated carbocycles. The Morgan fingerprint density at radius 1 is 1.16 bits per heavy atom. The highest BCUT2D eigenvalue weighted by Gasteiger charge is 2.06. The average molecular weight is 322 g/mol. The number of hydrogen-bond donors (Lipinski definition) is 1. The molecule has 0 radical (unpaired) electrons. The zero-order valence-electron chi connectivity index (χ0n) is 11.1. The van der Waals surface area contributed by atoms with Gasteiger partial charge in [-0.25, -0.2) is 4.39 Å². The molecule has 0 unspecified atom stereocenters. The molecule has 0 aliphatic carbocycles. The van der Waals surface area contributed by atoms with Crippen LogP contribution in [0.1, 0.15) is 29.7 Å². The van der Waals surface area contributed by atoms with Gasteiger partial charge in [0.05, 0.1) is 0 Å². The van der Waals surface area contributed by atoms with E-state index >= 15 is 0 Å². The van der Waals surface area contributed by atoms with Crippen molar-refractivity contribution in [1.82, 2.24) is 5.32 Å². The van der Waals surface area contributed by atoms with E-state index in [-0.39, 0.29) is 11.9 Å². The molecule has 1 atom stereocenters. The second-order valence-corrected chi connectivity index (χ2v) is 5.64. The van der Waals surface area contributed by atoms with Crippen LogP contribution in [-0.2, 0) is 6.54 Å². The van der Waals surface area contributed by atoms with E-state index in [2.05, 4.69) is 40.3 Å². The summed E-state index contributed by atoms with van der Waals surface area (Å²) in [6.45, 7) is 4.80. The maximum absolute atomic E-state index is 13.0. The van der Waals surface area contributed by atoms with Gasteiger partial charge in [0, 0.05) is 17.1 Å². The van der Waals surface area contributed by atoms with Crippen LogP contribution in [0.3, 0.4) is 0 Å². The third kappa shape index (κ3) is 3.88. The van der Waals surface area contributed by atoms with Crippen LogP contribution >= 0.6 is 15.9 Å². The van der Waals surface area contributed by atoms with Gasteiger partial charge in [0.25, 0.3) is 0 Å². The fourth-order valence-electron chi connectivity index (χ4n) is 1.99. The summed E-state index contributed by atoms with van der Waals surface area (Å²) in [5.41, 5.74) is 3.35. The summed E-state index contributed by atoms with van der Waals surface area (Å²) in [4.78, 5) is 0. The van der Waals surface area contributed by atoms with Crippen LogP contribution < -0.4 is 5.32 Å². The van der Waals surface area contributed by atoms with Crippen LogP contribution in [0, 0.1) is 12.7 Å². The lowest BCUT2D eigenvalue weighted by Crippen LogP contribution is -2.18. The first-order valence-electron chi connectivity index (χ1n) is 6.30. The van der Waals surface area contributed by atoms with E-state index < -0.39 is 0 Å². The van der Waals surface area contributed by atoms with Crippen molar-refractivity contribution in [3.63, 3.8) is 0 Å². The number of aryl methyl sites for hydroxylation is 1. The second kappa shape index (κ2) is 6.31. The van der Waals surface area contributed by atoms with Gasteiger partial charge >= 0.3 is 0 Å². The van der Waals surface area contributed by atoms with Crippen LogP contribution in [0.25, 0.3) is 0 Å².